The van der Waals surface area contributed by atoms with E-state index in [4.69, 9.17) is 18.9 Å². The normalized spacial score (nSPS) is 19.6. The van der Waals surface area contributed by atoms with Crippen LogP contribution in [0.5, 0.6) is 0 Å². The molecule has 0 aromatic rings. The molecule has 0 radical (unpaired) electrons. The lowest BCUT2D eigenvalue weighted by atomic mass is 10.1. The molecule has 0 aromatic heterocycles. The Bertz CT molecular complexity index is 570. The van der Waals surface area contributed by atoms with E-state index in [1.165, 1.54) is 0 Å². The first-order valence-electron chi connectivity index (χ1n) is 7.92. The van der Waals surface area contributed by atoms with E-state index in [-0.39, 0.29) is 23.9 Å². The van der Waals surface area contributed by atoms with Gasteiger partial charge in [0.15, 0.2) is 11.9 Å². The van der Waals surface area contributed by atoms with Gasteiger partial charge in [0, 0.05) is 18.1 Å². The number of esters is 2. The first kappa shape index (κ1) is 21.1. The number of aliphatic hydroxyl groups excluding tert-OH is 1. The standard InChI is InChI=1S/C18H26O7/c1-7-15(20)24-16(11(2)3)14(9-19)23-17(21)12(4)8-13-10-22-18(5,6)25-13/h7,13-14,19H,1,4,8-10H2,2-3,5-6H3. The zero-order valence-corrected chi connectivity index (χ0v) is 15.2. The van der Waals surface area contributed by atoms with Gasteiger partial charge in [0.25, 0.3) is 0 Å². The fraction of sp³-hybridized carbons (Fsp3) is 0.556. The first-order valence-corrected chi connectivity index (χ1v) is 7.92. The van der Waals surface area contributed by atoms with Gasteiger partial charge in [-0.2, -0.15) is 0 Å². The zero-order chi connectivity index (χ0) is 19.2. The van der Waals surface area contributed by atoms with Crippen molar-refractivity contribution < 1.29 is 33.6 Å². The second kappa shape index (κ2) is 8.94. The van der Waals surface area contributed by atoms with Gasteiger partial charge in [-0.05, 0) is 33.3 Å². The molecule has 25 heavy (non-hydrogen) atoms. The van der Waals surface area contributed by atoms with Gasteiger partial charge in [0.1, 0.15) is 5.76 Å². The quantitative estimate of drug-likeness (QED) is 0.405. The number of ether oxygens (including phenoxy) is 4. The predicted octanol–water partition coefficient (Wildman–Crippen LogP) is 2.01. The van der Waals surface area contributed by atoms with E-state index < -0.39 is 30.4 Å². The highest BCUT2D eigenvalue weighted by molar-refractivity contribution is 5.88. The monoisotopic (exact) mass is 354 g/mol. The van der Waals surface area contributed by atoms with Gasteiger partial charge in [0.2, 0.25) is 0 Å². The number of carbonyl (C=O) groups is 2. The van der Waals surface area contributed by atoms with Crippen LogP contribution in [0.2, 0.25) is 0 Å². The maximum atomic E-state index is 12.2. The summed E-state index contributed by atoms with van der Waals surface area (Å²) in [6, 6.07) is 0. The molecule has 0 saturated carbocycles. The minimum absolute atomic E-state index is 0.0649. The Kier molecular flexibility index (Phi) is 7.54. The van der Waals surface area contributed by atoms with Crippen molar-refractivity contribution in [2.24, 2.45) is 0 Å². The summed E-state index contributed by atoms with van der Waals surface area (Å²) in [5, 5.41) is 9.51. The molecule has 1 N–H and O–H groups in total. The molecule has 1 aliphatic rings. The van der Waals surface area contributed by atoms with Crippen LogP contribution in [0, 0.1) is 0 Å². The Hall–Kier alpha value is -1.96. The maximum Gasteiger partial charge on any atom is 0.335 e. The molecule has 0 bridgehead atoms. The smallest absolute Gasteiger partial charge is 0.335 e. The average Bonchev–Trinajstić information content (AvgIpc) is 2.88. The molecule has 140 valence electrons. The maximum absolute atomic E-state index is 12.2. The molecule has 7 nitrogen and oxygen atoms in total. The number of allylic oxidation sites excluding steroid dienone is 1. The summed E-state index contributed by atoms with van der Waals surface area (Å²) < 4.78 is 21.4. The SMILES string of the molecule is C=CC(=O)OC(=C(C)C)C(CO)OC(=O)C(=C)CC1COC(C)(C)O1. The zero-order valence-electron chi connectivity index (χ0n) is 15.2. The van der Waals surface area contributed by atoms with E-state index in [1.54, 1.807) is 27.7 Å². The molecule has 1 aliphatic heterocycles. The lowest BCUT2D eigenvalue weighted by Gasteiger charge is -2.21. The molecule has 1 rings (SSSR count). The van der Waals surface area contributed by atoms with Crippen LogP contribution in [0.25, 0.3) is 0 Å². The molecule has 0 aliphatic carbocycles. The molecule has 1 saturated heterocycles. The van der Waals surface area contributed by atoms with Gasteiger partial charge in [-0.25, -0.2) is 9.59 Å². The van der Waals surface area contributed by atoms with Crippen molar-refractivity contribution >= 4 is 11.9 Å². The third-order valence-corrected chi connectivity index (χ3v) is 3.41. The number of aliphatic hydroxyl groups is 1. The topological polar surface area (TPSA) is 91.3 Å². The summed E-state index contributed by atoms with van der Waals surface area (Å²) in [5.41, 5.74) is 0.759. The third-order valence-electron chi connectivity index (χ3n) is 3.41. The van der Waals surface area contributed by atoms with Gasteiger partial charge in [-0.15, -0.1) is 0 Å². The van der Waals surface area contributed by atoms with Crippen molar-refractivity contribution in [3.63, 3.8) is 0 Å². The minimum Gasteiger partial charge on any atom is -0.448 e. The van der Waals surface area contributed by atoms with E-state index >= 15 is 0 Å². The summed E-state index contributed by atoms with van der Waals surface area (Å²) in [4.78, 5) is 23.6. The van der Waals surface area contributed by atoms with E-state index in [1.807, 2.05) is 0 Å². The fourth-order valence-electron chi connectivity index (χ4n) is 2.25. The molecule has 0 amide bonds. The van der Waals surface area contributed by atoms with Gasteiger partial charge in [0.05, 0.1) is 19.3 Å². The summed E-state index contributed by atoms with van der Waals surface area (Å²) in [7, 11) is 0. The van der Waals surface area contributed by atoms with Gasteiger partial charge >= 0.3 is 11.9 Å². The van der Waals surface area contributed by atoms with Crippen molar-refractivity contribution in [1.82, 2.24) is 0 Å². The van der Waals surface area contributed by atoms with E-state index in [9.17, 15) is 14.7 Å². The summed E-state index contributed by atoms with van der Waals surface area (Å²) in [6.07, 6.45) is -0.201. The Morgan fingerprint density at radius 2 is 2.04 bits per heavy atom. The fourth-order valence-corrected chi connectivity index (χ4v) is 2.25. The van der Waals surface area contributed by atoms with Crippen LogP contribution in [0.15, 0.2) is 36.1 Å². The van der Waals surface area contributed by atoms with Gasteiger partial charge in [-0.1, -0.05) is 13.2 Å². The van der Waals surface area contributed by atoms with Crippen LogP contribution in [0.3, 0.4) is 0 Å². The van der Waals surface area contributed by atoms with E-state index in [0.717, 1.165) is 6.08 Å². The average molecular weight is 354 g/mol. The Morgan fingerprint density at radius 3 is 2.48 bits per heavy atom. The molecule has 2 atom stereocenters. The highest BCUT2D eigenvalue weighted by Crippen LogP contribution is 2.26. The minimum atomic E-state index is -1.12. The molecule has 2 unspecified atom stereocenters. The molecule has 1 fully saturated rings. The Morgan fingerprint density at radius 1 is 1.40 bits per heavy atom. The second-order valence-electron chi connectivity index (χ2n) is 6.32. The van der Waals surface area contributed by atoms with Crippen LogP contribution < -0.4 is 0 Å². The predicted molar refractivity (Wildman–Crippen MR) is 90.3 cm³/mol. The highest BCUT2D eigenvalue weighted by atomic mass is 16.7. The van der Waals surface area contributed by atoms with Crippen molar-refractivity contribution in [2.75, 3.05) is 13.2 Å². The number of hydrogen-bond donors (Lipinski definition) is 1. The summed E-state index contributed by atoms with van der Waals surface area (Å²) in [6.45, 7) is 13.7. The number of hydrogen-bond acceptors (Lipinski definition) is 7. The van der Waals surface area contributed by atoms with Crippen LogP contribution in [-0.4, -0.2) is 48.3 Å². The van der Waals surface area contributed by atoms with Crippen LogP contribution in [-0.2, 0) is 28.5 Å². The Balaban J connectivity index is 2.71. The van der Waals surface area contributed by atoms with Crippen LogP contribution >= 0.6 is 0 Å². The lowest BCUT2D eigenvalue weighted by Crippen LogP contribution is -2.29. The second-order valence-corrected chi connectivity index (χ2v) is 6.32. The lowest BCUT2D eigenvalue weighted by molar-refractivity contribution is -0.151. The number of carbonyl (C=O) groups excluding carboxylic acids is 2. The van der Waals surface area contributed by atoms with Crippen LogP contribution in [0.1, 0.15) is 34.1 Å². The van der Waals surface area contributed by atoms with Crippen LogP contribution in [0.4, 0.5) is 0 Å². The molecule has 0 spiro atoms. The molecular formula is C18H26O7. The van der Waals surface area contributed by atoms with Crippen molar-refractivity contribution in [1.29, 1.82) is 0 Å². The van der Waals surface area contributed by atoms with E-state index in [2.05, 4.69) is 13.2 Å². The molecule has 7 heteroatoms. The summed E-state index contributed by atoms with van der Waals surface area (Å²) >= 11 is 0. The highest BCUT2D eigenvalue weighted by Gasteiger charge is 2.34. The third kappa shape index (κ3) is 6.45. The van der Waals surface area contributed by atoms with Gasteiger partial charge in [-0.3, -0.25) is 0 Å². The number of rotatable bonds is 8. The Labute approximate surface area is 147 Å². The molecular weight excluding hydrogens is 328 g/mol. The largest absolute Gasteiger partial charge is 0.448 e. The summed E-state index contributed by atoms with van der Waals surface area (Å²) in [5.74, 6) is -2.05. The first-order chi connectivity index (χ1) is 11.6. The molecule has 1 heterocycles. The van der Waals surface area contributed by atoms with Crippen molar-refractivity contribution in [3.05, 3.63) is 36.1 Å². The molecule has 0 aromatic carbocycles. The van der Waals surface area contributed by atoms with E-state index in [0.29, 0.717) is 12.2 Å². The van der Waals surface area contributed by atoms with Crippen molar-refractivity contribution in [3.8, 4) is 0 Å². The van der Waals surface area contributed by atoms with Crippen molar-refractivity contribution in [2.45, 2.75) is 52.1 Å². The van der Waals surface area contributed by atoms with Gasteiger partial charge < -0.3 is 24.1 Å².